The lowest BCUT2D eigenvalue weighted by molar-refractivity contribution is -0.135. The summed E-state index contributed by atoms with van der Waals surface area (Å²) >= 11 is 0. The van der Waals surface area contributed by atoms with E-state index in [1.807, 2.05) is 37.2 Å². The van der Waals surface area contributed by atoms with Gasteiger partial charge in [-0.3, -0.25) is 4.79 Å². The number of hydrogen-bond acceptors (Lipinski definition) is 4. The Hall–Kier alpha value is -5.11. The molecule has 8 nitrogen and oxygen atoms in total. The van der Waals surface area contributed by atoms with Gasteiger partial charge in [0.25, 0.3) is 0 Å². The lowest BCUT2D eigenvalue weighted by Gasteiger charge is -2.41. The van der Waals surface area contributed by atoms with Crippen LogP contribution < -0.4 is 5.32 Å². The van der Waals surface area contributed by atoms with E-state index in [1.54, 1.807) is 11.1 Å². The van der Waals surface area contributed by atoms with Crippen LogP contribution in [-0.2, 0) is 9.53 Å². The van der Waals surface area contributed by atoms with Crippen molar-refractivity contribution in [2.24, 2.45) is 5.92 Å². The number of fused-ring (bicyclic) bond motifs is 2. The molecule has 3 N–H and O–H groups in total. The van der Waals surface area contributed by atoms with Crippen LogP contribution in [0, 0.1) is 5.92 Å². The van der Waals surface area contributed by atoms with Gasteiger partial charge in [0.2, 0.25) is 5.91 Å². The number of likely N-dealkylation sites (tertiary alicyclic amines) is 1. The average molecular weight is 668 g/mol. The molecule has 3 aliphatic carbocycles. The van der Waals surface area contributed by atoms with Crippen molar-refractivity contribution < 1.29 is 14.3 Å². The first-order valence-electron chi connectivity index (χ1n) is 18.1. The van der Waals surface area contributed by atoms with E-state index >= 15 is 0 Å². The Morgan fingerprint density at radius 2 is 1.38 bits per heavy atom. The molecule has 0 unspecified atom stereocenters. The number of H-pyrrole nitrogens is 2. The summed E-state index contributed by atoms with van der Waals surface area (Å²) in [5.41, 5.74) is 12.7. The van der Waals surface area contributed by atoms with Gasteiger partial charge in [0.1, 0.15) is 11.9 Å². The van der Waals surface area contributed by atoms with E-state index < -0.39 is 12.1 Å². The summed E-state index contributed by atoms with van der Waals surface area (Å²) in [4.78, 5) is 39.0. The Bertz CT molecular complexity index is 1990. The van der Waals surface area contributed by atoms with Gasteiger partial charge in [0.05, 0.1) is 25.0 Å². The molecule has 3 heterocycles. The van der Waals surface area contributed by atoms with Crippen LogP contribution in [0.15, 0.2) is 85.2 Å². The Morgan fingerprint density at radius 1 is 0.800 bits per heavy atom. The summed E-state index contributed by atoms with van der Waals surface area (Å²) in [6.07, 6.45) is 10.0. The highest BCUT2D eigenvalue weighted by molar-refractivity contribution is 5.86. The highest BCUT2D eigenvalue weighted by atomic mass is 16.5. The zero-order valence-electron chi connectivity index (χ0n) is 29.0. The van der Waals surface area contributed by atoms with E-state index in [2.05, 4.69) is 82.0 Å². The lowest BCUT2D eigenvalue weighted by Crippen LogP contribution is -2.51. The van der Waals surface area contributed by atoms with Crippen LogP contribution in [0.3, 0.4) is 0 Å². The van der Waals surface area contributed by atoms with Crippen molar-refractivity contribution in [2.75, 3.05) is 13.7 Å². The molecule has 9 rings (SSSR count). The first kappa shape index (κ1) is 32.1. The van der Waals surface area contributed by atoms with E-state index in [1.165, 1.54) is 60.6 Å². The number of aromatic amines is 2. The van der Waals surface area contributed by atoms with Gasteiger partial charge in [-0.2, -0.15) is 0 Å². The topological polar surface area (TPSA) is 103 Å². The molecule has 0 spiro atoms. The van der Waals surface area contributed by atoms with Crippen LogP contribution in [0.1, 0.15) is 87.2 Å². The van der Waals surface area contributed by atoms with Gasteiger partial charge >= 0.3 is 6.09 Å². The maximum atomic E-state index is 13.6. The highest BCUT2D eigenvalue weighted by Crippen LogP contribution is 2.55. The van der Waals surface area contributed by atoms with Gasteiger partial charge in [0, 0.05) is 18.4 Å². The van der Waals surface area contributed by atoms with Crippen LogP contribution >= 0.6 is 0 Å². The quantitative estimate of drug-likeness (QED) is 0.154. The monoisotopic (exact) mass is 667 g/mol. The van der Waals surface area contributed by atoms with Crippen molar-refractivity contribution in [1.82, 2.24) is 25.2 Å². The van der Waals surface area contributed by atoms with Crippen molar-refractivity contribution in [3.8, 4) is 44.8 Å². The maximum Gasteiger partial charge on any atom is 0.407 e. The van der Waals surface area contributed by atoms with Gasteiger partial charge in [-0.1, -0.05) is 74.5 Å². The van der Waals surface area contributed by atoms with Crippen LogP contribution in [0.5, 0.6) is 0 Å². The SMILES string of the molecule is COC(=O)N[C@H](C(=O)N1CCC[C@H]1c1ncc(-c2ccc(-c3ccc(-c4ccc(-c5ccc[nH]5)cc4)c4c3C3CCC4CC3)cc2)[nH]1)C(C)C. The first-order valence-corrected chi connectivity index (χ1v) is 18.1. The number of methoxy groups -OCH3 is 1. The third-order valence-electron chi connectivity index (χ3n) is 11.3. The van der Waals surface area contributed by atoms with Crippen LogP contribution in [0.4, 0.5) is 4.79 Å². The molecule has 256 valence electrons. The van der Waals surface area contributed by atoms with Crippen molar-refractivity contribution >= 4 is 12.0 Å². The predicted octanol–water partition coefficient (Wildman–Crippen LogP) is 9.20. The summed E-state index contributed by atoms with van der Waals surface area (Å²) in [5.74, 6) is 1.81. The number of nitrogens with one attached hydrogen (secondary N) is 3. The molecule has 2 aromatic heterocycles. The van der Waals surface area contributed by atoms with Crippen molar-refractivity contribution in [3.63, 3.8) is 0 Å². The summed E-state index contributed by atoms with van der Waals surface area (Å²) in [7, 11) is 1.31. The second-order valence-corrected chi connectivity index (χ2v) is 14.5. The number of hydrogen-bond donors (Lipinski definition) is 3. The van der Waals surface area contributed by atoms with E-state index in [0.717, 1.165) is 35.6 Å². The minimum absolute atomic E-state index is 0.0767. The number of ether oxygens (including phenoxy) is 1. The molecule has 1 aliphatic heterocycles. The van der Waals surface area contributed by atoms with Gasteiger partial charge in [-0.05, 0) is 113 Å². The Balaban J connectivity index is 1.05. The number of aromatic nitrogens is 3. The molecule has 1 saturated heterocycles. The Kier molecular flexibility index (Phi) is 8.55. The third-order valence-corrected chi connectivity index (χ3v) is 11.3. The van der Waals surface area contributed by atoms with Crippen molar-refractivity contribution in [2.45, 2.75) is 76.3 Å². The maximum absolute atomic E-state index is 13.6. The normalized spacial score (nSPS) is 20.2. The van der Waals surface area contributed by atoms with Gasteiger partial charge in [0.15, 0.2) is 0 Å². The van der Waals surface area contributed by atoms with Crippen molar-refractivity contribution in [1.29, 1.82) is 0 Å². The number of benzene rings is 3. The number of amides is 2. The van der Waals surface area contributed by atoms with E-state index in [-0.39, 0.29) is 17.9 Å². The van der Waals surface area contributed by atoms with Crippen LogP contribution in [0.2, 0.25) is 0 Å². The fourth-order valence-corrected chi connectivity index (χ4v) is 8.70. The minimum Gasteiger partial charge on any atom is -0.453 e. The molecule has 50 heavy (non-hydrogen) atoms. The fraction of sp³-hybridized carbons (Fsp3) is 0.357. The summed E-state index contributed by atoms with van der Waals surface area (Å²) in [6.45, 7) is 4.48. The number of carbonyl (C=O) groups is 2. The molecular formula is C42H45N5O3. The smallest absolute Gasteiger partial charge is 0.407 e. The predicted molar refractivity (Wildman–Crippen MR) is 196 cm³/mol. The Morgan fingerprint density at radius 3 is 1.92 bits per heavy atom. The lowest BCUT2D eigenvalue weighted by atomic mass is 9.63. The molecular weight excluding hydrogens is 622 g/mol. The summed E-state index contributed by atoms with van der Waals surface area (Å²) in [5, 5.41) is 2.73. The molecule has 2 amide bonds. The number of imidazole rings is 1. The van der Waals surface area contributed by atoms with E-state index in [4.69, 9.17) is 9.72 Å². The largest absolute Gasteiger partial charge is 0.453 e. The second-order valence-electron chi connectivity index (χ2n) is 14.5. The number of rotatable bonds is 8. The number of alkyl carbamates (subject to hydrolysis) is 1. The summed E-state index contributed by atoms with van der Waals surface area (Å²) in [6, 6.07) is 25.9. The minimum atomic E-state index is -0.657. The second kappa shape index (κ2) is 13.3. The standard InChI is InChI=1S/C42H45N5O3/c1-25(2)39(46-42(49)50-3)41(48)47-23-5-7-36(47)40-44-24-35(45-40)29-14-10-27(11-15-29)33-21-20-32(37-30-16-18-31(19-17-30)38(33)37)26-8-12-28(13-9-26)34-6-4-22-43-34/h4,6,8-15,20-22,24-25,30-31,36,39,43H,5,7,16-19,23H2,1-3H3,(H,44,45)(H,46,49)/t30?,31?,36-,39-/m0/s1. The Labute approximate surface area is 293 Å². The zero-order chi connectivity index (χ0) is 34.4. The van der Waals surface area contributed by atoms with Gasteiger partial charge < -0.3 is 24.9 Å². The fourth-order valence-electron chi connectivity index (χ4n) is 8.70. The molecule has 2 bridgehead atoms. The highest BCUT2D eigenvalue weighted by Gasteiger charge is 2.38. The van der Waals surface area contributed by atoms with Crippen LogP contribution in [0.25, 0.3) is 44.8 Å². The first-order chi connectivity index (χ1) is 24.4. The molecule has 3 aromatic carbocycles. The molecule has 4 aliphatic rings. The van der Waals surface area contributed by atoms with Crippen LogP contribution in [-0.4, -0.2) is 51.5 Å². The molecule has 1 saturated carbocycles. The average Bonchev–Trinajstić information content (AvgIpc) is 3.97. The number of nitrogens with zero attached hydrogens (tertiary/aromatic N) is 2. The third kappa shape index (κ3) is 5.80. The number of carbonyl (C=O) groups excluding carboxylic acids is 2. The molecule has 0 radical (unpaired) electrons. The van der Waals surface area contributed by atoms with Gasteiger partial charge in [-0.25, -0.2) is 9.78 Å². The van der Waals surface area contributed by atoms with Crippen molar-refractivity contribution in [3.05, 3.63) is 102 Å². The molecule has 2 fully saturated rings. The summed E-state index contributed by atoms with van der Waals surface area (Å²) < 4.78 is 4.78. The molecule has 2 atom stereocenters. The molecule has 5 aromatic rings. The van der Waals surface area contributed by atoms with E-state index in [0.29, 0.717) is 18.4 Å². The zero-order valence-corrected chi connectivity index (χ0v) is 29.0. The molecule has 8 heteroatoms. The van der Waals surface area contributed by atoms with E-state index in [9.17, 15) is 9.59 Å². The van der Waals surface area contributed by atoms with Gasteiger partial charge in [-0.15, -0.1) is 0 Å².